The number of carbonyl (C=O) groups excluding carboxylic acids is 2. The first-order chi connectivity index (χ1) is 13.8. The predicted octanol–water partition coefficient (Wildman–Crippen LogP) is 4.78. The zero-order valence-corrected chi connectivity index (χ0v) is 17.5. The number of fused-ring (bicyclic) bond motifs is 2. The Labute approximate surface area is 171 Å². The van der Waals surface area contributed by atoms with Crippen LogP contribution in [0.3, 0.4) is 0 Å². The summed E-state index contributed by atoms with van der Waals surface area (Å²) < 4.78 is 0. The molecule has 4 rings (SSSR count). The van der Waals surface area contributed by atoms with Crippen molar-refractivity contribution in [2.24, 2.45) is 10.9 Å². The molecule has 2 aromatic carbocycles. The molecule has 5 nitrogen and oxygen atoms in total. The van der Waals surface area contributed by atoms with Gasteiger partial charge in [-0.1, -0.05) is 6.07 Å². The molecular weight excluding hydrogens is 362 g/mol. The molecule has 2 aliphatic rings. The summed E-state index contributed by atoms with van der Waals surface area (Å²) in [6.45, 7) is 8.06. The molecule has 0 aromatic heterocycles. The molecule has 1 atom stereocenters. The fourth-order valence-corrected chi connectivity index (χ4v) is 4.34. The number of amides is 2. The monoisotopic (exact) mass is 389 g/mol. The van der Waals surface area contributed by atoms with Crippen LogP contribution in [0.4, 0.5) is 17.1 Å². The number of hydrogen-bond donors (Lipinski definition) is 1. The maximum atomic E-state index is 13.3. The van der Waals surface area contributed by atoms with Crippen LogP contribution in [0.1, 0.15) is 41.5 Å². The Morgan fingerprint density at radius 1 is 1.07 bits per heavy atom. The second-order valence-corrected chi connectivity index (χ2v) is 8.32. The van der Waals surface area contributed by atoms with Crippen LogP contribution in [-0.4, -0.2) is 24.1 Å². The molecule has 0 bridgehead atoms. The van der Waals surface area contributed by atoms with Gasteiger partial charge in [-0.05, 0) is 93.5 Å². The molecule has 0 unspecified atom stereocenters. The van der Waals surface area contributed by atoms with Crippen molar-refractivity contribution < 1.29 is 9.59 Å². The lowest BCUT2D eigenvalue weighted by molar-refractivity contribution is -0.122. The van der Waals surface area contributed by atoms with Crippen LogP contribution in [0.2, 0.25) is 0 Å². The number of anilines is 2. The summed E-state index contributed by atoms with van der Waals surface area (Å²) in [7, 11) is 0. The number of hydrogen-bond acceptors (Lipinski definition) is 3. The molecule has 29 heavy (non-hydrogen) atoms. The lowest BCUT2D eigenvalue weighted by atomic mass is 10.0. The maximum Gasteiger partial charge on any atom is 0.244 e. The zero-order valence-electron chi connectivity index (χ0n) is 17.5. The van der Waals surface area contributed by atoms with E-state index in [4.69, 9.17) is 4.99 Å². The van der Waals surface area contributed by atoms with Crippen LogP contribution in [0.25, 0.3) is 0 Å². The molecule has 1 fully saturated rings. The van der Waals surface area contributed by atoms with Gasteiger partial charge < -0.3 is 10.2 Å². The normalized spacial score (nSPS) is 18.1. The summed E-state index contributed by atoms with van der Waals surface area (Å²) in [6.07, 6.45) is 2.63. The summed E-state index contributed by atoms with van der Waals surface area (Å²) >= 11 is 0. The van der Waals surface area contributed by atoms with Gasteiger partial charge in [0.2, 0.25) is 11.8 Å². The van der Waals surface area contributed by atoms with Gasteiger partial charge in [-0.15, -0.1) is 0 Å². The van der Waals surface area contributed by atoms with Crippen molar-refractivity contribution in [2.45, 2.75) is 47.0 Å². The van der Waals surface area contributed by atoms with Crippen molar-refractivity contribution in [1.82, 2.24) is 0 Å². The molecule has 1 heterocycles. The van der Waals surface area contributed by atoms with E-state index in [0.717, 1.165) is 64.3 Å². The number of carbonyl (C=O) groups is 2. The van der Waals surface area contributed by atoms with E-state index in [1.54, 1.807) is 4.90 Å². The average molecular weight is 389 g/mol. The van der Waals surface area contributed by atoms with Crippen LogP contribution in [0, 0.1) is 33.6 Å². The Morgan fingerprint density at radius 2 is 1.76 bits per heavy atom. The van der Waals surface area contributed by atoms with E-state index in [1.165, 1.54) is 0 Å². The number of aliphatic imine (C=N–C) groups is 1. The van der Waals surface area contributed by atoms with Crippen molar-refractivity contribution in [1.29, 1.82) is 0 Å². The van der Waals surface area contributed by atoms with Crippen molar-refractivity contribution >= 4 is 34.6 Å². The van der Waals surface area contributed by atoms with E-state index in [2.05, 4.69) is 11.4 Å². The van der Waals surface area contributed by atoms with E-state index in [9.17, 15) is 9.59 Å². The molecule has 2 amide bonds. The zero-order chi connectivity index (χ0) is 20.7. The van der Waals surface area contributed by atoms with E-state index in [-0.39, 0.29) is 24.3 Å². The minimum absolute atomic E-state index is 0.0133. The highest BCUT2D eigenvalue weighted by atomic mass is 16.2. The van der Waals surface area contributed by atoms with Crippen LogP contribution < -0.4 is 10.2 Å². The van der Waals surface area contributed by atoms with Gasteiger partial charge in [-0.25, -0.2) is 0 Å². The van der Waals surface area contributed by atoms with Gasteiger partial charge >= 0.3 is 0 Å². The predicted molar refractivity (Wildman–Crippen MR) is 117 cm³/mol. The molecule has 0 radical (unpaired) electrons. The Bertz CT molecular complexity index is 1020. The largest absolute Gasteiger partial charge is 0.325 e. The highest BCUT2D eigenvalue weighted by Crippen LogP contribution is 2.39. The van der Waals surface area contributed by atoms with Crippen LogP contribution in [0.5, 0.6) is 0 Å². The highest BCUT2D eigenvalue weighted by molar-refractivity contribution is 6.17. The number of nitrogens with zero attached hydrogens (tertiary/aromatic N) is 2. The Morgan fingerprint density at radius 3 is 2.48 bits per heavy atom. The first kappa shape index (κ1) is 19.4. The molecule has 0 saturated heterocycles. The van der Waals surface area contributed by atoms with Gasteiger partial charge in [-0.2, -0.15) is 0 Å². The summed E-state index contributed by atoms with van der Waals surface area (Å²) in [5.74, 6) is -0.426. The third-order valence-electron chi connectivity index (χ3n) is 5.84. The fraction of sp³-hybridized carbons (Fsp3) is 0.375. The highest BCUT2D eigenvalue weighted by Gasteiger charge is 2.37. The third kappa shape index (κ3) is 3.82. The lowest BCUT2D eigenvalue weighted by Gasteiger charge is -2.25. The van der Waals surface area contributed by atoms with E-state index in [0.29, 0.717) is 0 Å². The Kier molecular flexibility index (Phi) is 4.99. The summed E-state index contributed by atoms with van der Waals surface area (Å²) in [5, 5.41) is 2.96. The minimum Gasteiger partial charge on any atom is -0.325 e. The second kappa shape index (κ2) is 7.47. The number of rotatable bonds is 3. The molecule has 1 aliphatic carbocycles. The second-order valence-electron chi connectivity index (χ2n) is 8.32. The molecule has 0 spiro atoms. The topological polar surface area (TPSA) is 61.8 Å². The van der Waals surface area contributed by atoms with Crippen LogP contribution in [-0.2, 0) is 9.59 Å². The van der Waals surface area contributed by atoms with Crippen molar-refractivity contribution in [3.05, 3.63) is 52.6 Å². The number of nitrogens with one attached hydrogen (secondary N) is 1. The van der Waals surface area contributed by atoms with E-state index < -0.39 is 0 Å². The minimum atomic E-state index is -0.211. The fourth-order valence-electron chi connectivity index (χ4n) is 4.34. The SMILES string of the molecule is Cc1cc(C)cc(NC(=O)CN2C(=O)[C@@H]3CCCC3=Nc3cc(C)c(C)cc32)c1. The molecule has 150 valence electrons. The summed E-state index contributed by atoms with van der Waals surface area (Å²) in [4.78, 5) is 32.7. The molecule has 5 heteroatoms. The Hall–Kier alpha value is -2.95. The summed E-state index contributed by atoms with van der Waals surface area (Å²) in [6, 6.07) is 9.95. The average Bonchev–Trinajstić information content (AvgIpc) is 3.06. The molecule has 1 aliphatic heterocycles. The van der Waals surface area contributed by atoms with Crippen LogP contribution in [0.15, 0.2) is 35.3 Å². The Balaban J connectivity index is 1.66. The molecule has 1 N–H and O–H groups in total. The van der Waals surface area contributed by atoms with Gasteiger partial charge in [0.25, 0.3) is 0 Å². The molecular formula is C24H27N3O2. The maximum absolute atomic E-state index is 13.3. The van der Waals surface area contributed by atoms with Crippen LogP contribution >= 0.6 is 0 Å². The van der Waals surface area contributed by atoms with Gasteiger partial charge in [-0.3, -0.25) is 14.6 Å². The lowest BCUT2D eigenvalue weighted by Crippen LogP contribution is -2.42. The van der Waals surface area contributed by atoms with Crippen molar-refractivity contribution in [3.8, 4) is 0 Å². The smallest absolute Gasteiger partial charge is 0.244 e. The van der Waals surface area contributed by atoms with Crippen molar-refractivity contribution in [2.75, 3.05) is 16.8 Å². The van der Waals surface area contributed by atoms with E-state index >= 15 is 0 Å². The standard InChI is InChI=1S/C24H27N3O2/c1-14-8-15(2)10-18(9-14)25-23(28)13-27-22-12-17(4)16(3)11-21(22)26-20-7-5-6-19(20)24(27)29/h8-12,19H,5-7,13H2,1-4H3,(H,25,28)/t19-/m1/s1. The molecule has 2 aromatic rings. The first-order valence-corrected chi connectivity index (χ1v) is 10.2. The van der Waals surface area contributed by atoms with E-state index in [1.807, 2.05) is 52.0 Å². The van der Waals surface area contributed by atoms with Gasteiger partial charge in [0.1, 0.15) is 6.54 Å². The number of aryl methyl sites for hydroxylation is 4. The first-order valence-electron chi connectivity index (χ1n) is 10.2. The molecule has 1 saturated carbocycles. The van der Waals surface area contributed by atoms with Crippen molar-refractivity contribution in [3.63, 3.8) is 0 Å². The van der Waals surface area contributed by atoms with Gasteiger partial charge in [0.15, 0.2) is 0 Å². The third-order valence-corrected chi connectivity index (χ3v) is 5.84. The summed E-state index contributed by atoms with van der Waals surface area (Å²) in [5.41, 5.74) is 7.64. The van der Waals surface area contributed by atoms with Gasteiger partial charge in [0, 0.05) is 11.4 Å². The number of benzene rings is 2. The van der Waals surface area contributed by atoms with Gasteiger partial charge in [0.05, 0.1) is 17.3 Å². The quantitative estimate of drug-likeness (QED) is 0.821.